The summed E-state index contributed by atoms with van der Waals surface area (Å²) >= 11 is 0. The van der Waals surface area contributed by atoms with E-state index in [1.165, 1.54) is 0 Å². The number of piperidine rings is 1. The molecule has 2 N–H and O–H groups in total. The van der Waals surface area contributed by atoms with E-state index >= 15 is 0 Å². The average molecular weight is 265 g/mol. The molecule has 2 heterocycles. The lowest BCUT2D eigenvalue weighted by molar-refractivity contribution is 0.249. The fourth-order valence-corrected chi connectivity index (χ4v) is 2.38. The first-order chi connectivity index (χ1) is 9.06. The van der Waals surface area contributed by atoms with Crippen LogP contribution < -0.4 is 9.55 Å². The van der Waals surface area contributed by atoms with Crippen molar-refractivity contribution in [1.82, 2.24) is 9.88 Å². The first kappa shape index (κ1) is 14.1. The lowest BCUT2D eigenvalue weighted by atomic mass is 10.0. The van der Waals surface area contributed by atoms with Crippen molar-refractivity contribution in [2.45, 2.75) is 18.9 Å². The van der Waals surface area contributed by atoms with Crippen LogP contribution in [-0.2, 0) is 0 Å². The topological polar surface area (TPSA) is 69.1 Å². The zero-order chi connectivity index (χ0) is 13.8. The van der Waals surface area contributed by atoms with Gasteiger partial charge in [0.25, 0.3) is 0 Å². The van der Waals surface area contributed by atoms with Gasteiger partial charge in [0.05, 0.1) is 0 Å². The van der Waals surface area contributed by atoms with Gasteiger partial charge in [-0.05, 0) is 33.0 Å². The van der Waals surface area contributed by atoms with Gasteiger partial charge in [-0.2, -0.15) is 0 Å². The molecule has 0 spiro atoms. The highest BCUT2D eigenvalue weighted by molar-refractivity contribution is 6.33. The summed E-state index contributed by atoms with van der Waals surface area (Å²) in [4.78, 5) is 8.76. The predicted molar refractivity (Wildman–Crippen MR) is 74.0 cm³/mol. The number of nitrogens with zero attached hydrogens (tertiary/aromatic N) is 3. The van der Waals surface area contributed by atoms with Crippen LogP contribution in [0.2, 0.25) is 0 Å². The second-order valence-corrected chi connectivity index (χ2v) is 4.98. The molecule has 104 valence electrons. The molecule has 19 heavy (non-hydrogen) atoms. The van der Waals surface area contributed by atoms with E-state index in [-0.39, 0.29) is 0 Å². The third-order valence-corrected chi connectivity index (χ3v) is 3.48. The molecule has 0 radical (unpaired) electrons. The maximum atomic E-state index is 8.80. The monoisotopic (exact) mass is 265 g/mol. The van der Waals surface area contributed by atoms with Gasteiger partial charge in [-0.1, -0.05) is 0 Å². The molecule has 1 fully saturated rings. The summed E-state index contributed by atoms with van der Waals surface area (Å²) in [5.41, 5.74) is 0. The van der Waals surface area contributed by atoms with E-state index in [4.69, 9.17) is 14.7 Å². The minimum absolute atomic E-state index is 0.412. The Morgan fingerprint density at radius 1 is 1.37 bits per heavy atom. The van der Waals surface area contributed by atoms with E-state index in [9.17, 15) is 0 Å². The zero-order valence-electron chi connectivity index (χ0n) is 11.4. The standard InChI is InChI=1S/C12H20BN3O3/c1-15(2)10-4-7-16(8-5-10)12-9-11(3-6-14-12)19-13(17)18/h3,6,9-10,17-18H,4-5,7-8H2,1-2H3. The summed E-state index contributed by atoms with van der Waals surface area (Å²) in [5.74, 6) is 1.23. The Labute approximate surface area is 113 Å². The van der Waals surface area contributed by atoms with Gasteiger partial charge < -0.3 is 24.5 Å². The molecule has 0 bridgehead atoms. The molecule has 1 saturated heterocycles. The number of hydrogen-bond acceptors (Lipinski definition) is 6. The first-order valence-corrected chi connectivity index (χ1v) is 6.46. The Balaban J connectivity index is 1.99. The first-order valence-electron chi connectivity index (χ1n) is 6.46. The smallest absolute Gasteiger partial charge is 0.512 e. The number of rotatable bonds is 4. The maximum absolute atomic E-state index is 8.80. The highest BCUT2D eigenvalue weighted by Crippen LogP contribution is 2.23. The molecular weight excluding hydrogens is 245 g/mol. The Bertz CT molecular complexity index is 409. The van der Waals surface area contributed by atoms with Crippen molar-refractivity contribution < 1.29 is 14.7 Å². The van der Waals surface area contributed by atoms with Crippen molar-refractivity contribution in [3.8, 4) is 5.75 Å². The van der Waals surface area contributed by atoms with Crippen LogP contribution in [0.5, 0.6) is 5.75 Å². The quantitative estimate of drug-likeness (QED) is 0.744. The van der Waals surface area contributed by atoms with Gasteiger partial charge in [0.15, 0.2) is 0 Å². The number of hydrogen-bond donors (Lipinski definition) is 2. The summed E-state index contributed by atoms with van der Waals surface area (Å²) in [6, 6.07) is 3.96. The molecule has 0 saturated carbocycles. The van der Waals surface area contributed by atoms with Crippen molar-refractivity contribution in [2.24, 2.45) is 0 Å². The Morgan fingerprint density at radius 2 is 2.05 bits per heavy atom. The van der Waals surface area contributed by atoms with Crippen molar-refractivity contribution >= 4 is 13.1 Å². The van der Waals surface area contributed by atoms with Crippen LogP contribution in [0.1, 0.15) is 12.8 Å². The van der Waals surface area contributed by atoms with Crippen molar-refractivity contribution in [2.75, 3.05) is 32.1 Å². The van der Waals surface area contributed by atoms with Crippen LogP contribution in [0.4, 0.5) is 5.82 Å². The van der Waals surface area contributed by atoms with E-state index in [1.807, 2.05) is 0 Å². The predicted octanol–water partition coefficient (Wildman–Crippen LogP) is -0.0397. The van der Waals surface area contributed by atoms with Gasteiger partial charge in [-0.15, -0.1) is 0 Å². The molecule has 0 atom stereocenters. The Kier molecular flexibility index (Phi) is 4.63. The average Bonchev–Trinajstić information content (AvgIpc) is 2.38. The van der Waals surface area contributed by atoms with Crippen LogP contribution in [-0.4, -0.2) is 60.5 Å². The number of anilines is 1. The van der Waals surface area contributed by atoms with Crippen LogP contribution in [0, 0.1) is 0 Å². The zero-order valence-corrected chi connectivity index (χ0v) is 11.4. The molecule has 0 amide bonds. The van der Waals surface area contributed by atoms with E-state index in [1.54, 1.807) is 18.3 Å². The molecule has 1 aromatic heterocycles. The third-order valence-electron chi connectivity index (χ3n) is 3.48. The molecule has 0 unspecified atom stereocenters. The highest BCUT2D eigenvalue weighted by atomic mass is 16.6. The summed E-state index contributed by atoms with van der Waals surface area (Å²) in [6.07, 6.45) is 3.82. The van der Waals surface area contributed by atoms with Crippen molar-refractivity contribution in [3.63, 3.8) is 0 Å². The molecule has 7 heteroatoms. The SMILES string of the molecule is CN(C)C1CCN(c2cc(OB(O)O)ccn2)CC1. The third kappa shape index (κ3) is 3.83. The largest absolute Gasteiger partial charge is 0.707 e. The number of pyridine rings is 1. The van der Waals surface area contributed by atoms with Gasteiger partial charge in [-0.3, -0.25) is 0 Å². The molecule has 1 aliphatic rings. The molecule has 0 aromatic carbocycles. The van der Waals surface area contributed by atoms with Gasteiger partial charge in [0.2, 0.25) is 0 Å². The minimum Gasteiger partial charge on any atom is -0.512 e. The summed E-state index contributed by atoms with van der Waals surface area (Å²) < 4.78 is 4.84. The van der Waals surface area contributed by atoms with Crippen LogP contribution >= 0.6 is 0 Å². The fourth-order valence-electron chi connectivity index (χ4n) is 2.38. The minimum atomic E-state index is -1.80. The second kappa shape index (κ2) is 6.23. The Morgan fingerprint density at radius 3 is 2.63 bits per heavy atom. The molecule has 1 aliphatic heterocycles. The van der Waals surface area contributed by atoms with Gasteiger partial charge in [0, 0.05) is 31.4 Å². The van der Waals surface area contributed by atoms with Crippen LogP contribution in [0.25, 0.3) is 0 Å². The molecule has 1 aromatic rings. The Hall–Kier alpha value is -1.31. The lowest BCUT2D eigenvalue weighted by Crippen LogP contribution is -2.42. The van der Waals surface area contributed by atoms with E-state index in [0.29, 0.717) is 11.8 Å². The lowest BCUT2D eigenvalue weighted by Gasteiger charge is -2.35. The molecule has 2 rings (SSSR count). The van der Waals surface area contributed by atoms with E-state index < -0.39 is 7.32 Å². The number of aromatic nitrogens is 1. The van der Waals surface area contributed by atoms with Crippen LogP contribution in [0.15, 0.2) is 18.3 Å². The van der Waals surface area contributed by atoms with E-state index in [0.717, 1.165) is 31.7 Å². The van der Waals surface area contributed by atoms with Crippen LogP contribution in [0.3, 0.4) is 0 Å². The highest BCUT2D eigenvalue weighted by Gasteiger charge is 2.22. The van der Waals surface area contributed by atoms with Gasteiger partial charge >= 0.3 is 7.32 Å². The van der Waals surface area contributed by atoms with Gasteiger partial charge in [-0.25, -0.2) is 4.98 Å². The van der Waals surface area contributed by atoms with E-state index in [2.05, 4.69) is 28.9 Å². The summed E-state index contributed by atoms with van der Waals surface area (Å²) in [7, 11) is 2.42. The maximum Gasteiger partial charge on any atom is 0.707 e. The van der Waals surface area contributed by atoms with Crippen molar-refractivity contribution in [3.05, 3.63) is 18.3 Å². The summed E-state index contributed by atoms with van der Waals surface area (Å²) in [6.45, 7) is 1.89. The molecule has 0 aliphatic carbocycles. The normalized spacial score (nSPS) is 16.8. The summed E-state index contributed by atoms with van der Waals surface area (Å²) in [5, 5.41) is 17.6. The second-order valence-electron chi connectivity index (χ2n) is 4.98. The van der Waals surface area contributed by atoms with Crippen molar-refractivity contribution in [1.29, 1.82) is 0 Å². The molecular formula is C12H20BN3O3. The fraction of sp³-hybridized carbons (Fsp3) is 0.583. The van der Waals surface area contributed by atoms with Gasteiger partial charge in [0.1, 0.15) is 11.6 Å². The molecule has 6 nitrogen and oxygen atoms in total.